The number of rotatable bonds is 4. The molecule has 0 spiro atoms. The van der Waals surface area contributed by atoms with E-state index in [9.17, 15) is 4.79 Å². The number of primary amides is 1. The molecule has 0 saturated heterocycles. The maximum Gasteiger partial charge on any atom is 0.219 e. The molecular weight excluding hydrogens is 212 g/mol. The number of carbonyl (C=O) groups excluding carboxylic acids is 1. The Bertz CT molecular complexity index is 260. The molecule has 0 unspecified atom stereocenters. The quantitative estimate of drug-likeness (QED) is 0.793. The smallest absolute Gasteiger partial charge is 0.219 e. The van der Waals surface area contributed by atoms with Gasteiger partial charge in [0.1, 0.15) is 0 Å². The molecule has 1 aliphatic rings. The van der Waals surface area contributed by atoms with Gasteiger partial charge in [0.15, 0.2) is 0 Å². The molecule has 1 amide bonds. The first kappa shape index (κ1) is 14.5. The number of nitrogens with one attached hydrogen (secondary N) is 1. The van der Waals surface area contributed by atoms with Gasteiger partial charge in [0.05, 0.1) is 0 Å². The number of nitrogens with two attached hydrogens (primary N) is 1. The van der Waals surface area contributed by atoms with Gasteiger partial charge in [-0.15, -0.1) is 0 Å². The first-order chi connectivity index (χ1) is 7.79. The molecule has 0 bridgehead atoms. The maximum atomic E-state index is 11.2. The van der Waals surface area contributed by atoms with Gasteiger partial charge in [0.2, 0.25) is 5.91 Å². The summed E-state index contributed by atoms with van der Waals surface area (Å²) >= 11 is 0. The molecule has 0 atom stereocenters. The van der Waals surface area contributed by atoms with Gasteiger partial charge < -0.3 is 11.1 Å². The van der Waals surface area contributed by atoms with Gasteiger partial charge in [-0.25, -0.2) is 0 Å². The topological polar surface area (TPSA) is 55.1 Å². The second-order valence-corrected chi connectivity index (χ2v) is 6.59. The van der Waals surface area contributed by atoms with E-state index in [1.54, 1.807) is 0 Å². The SMILES string of the molecule is CCNC1(CC(N)=O)CCC(C(C)(C)C)CC1. The van der Waals surface area contributed by atoms with E-state index >= 15 is 0 Å². The molecule has 0 aromatic carbocycles. The lowest BCUT2D eigenvalue weighted by Crippen LogP contribution is -2.51. The second-order valence-electron chi connectivity index (χ2n) is 6.59. The molecule has 3 N–H and O–H groups in total. The van der Waals surface area contributed by atoms with Crippen LogP contribution < -0.4 is 11.1 Å². The molecule has 0 heterocycles. The summed E-state index contributed by atoms with van der Waals surface area (Å²) in [6.45, 7) is 9.94. The molecule has 1 rings (SSSR count). The van der Waals surface area contributed by atoms with Crippen molar-refractivity contribution in [2.24, 2.45) is 17.1 Å². The molecule has 17 heavy (non-hydrogen) atoms. The van der Waals surface area contributed by atoms with Crippen LogP contribution in [0.2, 0.25) is 0 Å². The lowest BCUT2D eigenvalue weighted by atomic mass is 9.66. The fourth-order valence-electron chi connectivity index (χ4n) is 3.16. The van der Waals surface area contributed by atoms with E-state index in [0.717, 1.165) is 25.3 Å². The van der Waals surface area contributed by atoms with Gasteiger partial charge in [0, 0.05) is 12.0 Å². The van der Waals surface area contributed by atoms with Crippen molar-refractivity contribution in [1.29, 1.82) is 0 Å². The van der Waals surface area contributed by atoms with Crippen molar-refractivity contribution in [1.82, 2.24) is 5.32 Å². The normalized spacial score (nSPS) is 30.2. The predicted molar refractivity (Wildman–Crippen MR) is 71.6 cm³/mol. The summed E-state index contributed by atoms with van der Waals surface area (Å²) in [6.07, 6.45) is 5.03. The highest BCUT2D eigenvalue weighted by molar-refractivity contribution is 5.75. The van der Waals surface area contributed by atoms with E-state index in [4.69, 9.17) is 5.73 Å². The fourth-order valence-corrected chi connectivity index (χ4v) is 3.16. The lowest BCUT2D eigenvalue weighted by Gasteiger charge is -2.44. The monoisotopic (exact) mass is 240 g/mol. The molecular formula is C14H28N2O. The van der Waals surface area contributed by atoms with Crippen LogP contribution in [0.5, 0.6) is 0 Å². The molecule has 3 nitrogen and oxygen atoms in total. The standard InChI is InChI=1S/C14H28N2O/c1-5-16-14(10-12(15)17)8-6-11(7-9-14)13(2,3)4/h11,16H,5-10H2,1-4H3,(H2,15,17). The molecule has 1 fully saturated rings. The van der Waals surface area contributed by atoms with Crippen molar-refractivity contribution in [3.8, 4) is 0 Å². The van der Waals surface area contributed by atoms with Crippen LogP contribution in [0.3, 0.4) is 0 Å². The van der Waals surface area contributed by atoms with Crippen LogP contribution in [0.1, 0.15) is 59.8 Å². The van der Waals surface area contributed by atoms with Crippen LogP contribution in [0.25, 0.3) is 0 Å². The highest BCUT2D eigenvalue weighted by Crippen LogP contribution is 2.42. The Balaban J connectivity index is 2.64. The van der Waals surface area contributed by atoms with Crippen LogP contribution in [-0.4, -0.2) is 18.0 Å². The summed E-state index contributed by atoms with van der Waals surface area (Å²) in [5.74, 6) is 0.585. The van der Waals surface area contributed by atoms with E-state index in [0.29, 0.717) is 11.8 Å². The van der Waals surface area contributed by atoms with E-state index < -0.39 is 0 Å². The highest BCUT2D eigenvalue weighted by atomic mass is 16.1. The Morgan fingerprint density at radius 2 is 1.88 bits per heavy atom. The van der Waals surface area contributed by atoms with Gasteiger partial charge in [-0.05, 0) is 43.6 Å². The Morgan fingerprint density at radius 3 is 2.24 bits per heavy atom. The average Bonchev–Trinajstić information content (AvgIpc) is 2.15. The maximum absolute atomic E-state index is 11.2. The van der Waals surface area contributed by atoms with Crippen molar-refractivity contribution < 1.29 is 4.79 Å². The van der Waals surface area contributed by atoms with Crippen molar-refractivity contribution in [3.63, 3.8) is 0 Å². The van der Waals surface area contributed by atoms with Crippen molar-refractivity contribution >= 4 is 5.91 Å². The zero-order valence-electron chi connectivity index (χ0n) is 11.8. The van der Waals surface area contributed by atoms with Crippen LogP contribution in [0.15, 0.2) is 0 Å². The first-order valence-corrected chi connectivity index (χ1v) is 6.82. The summed E-state index contributed by atoms with van der Waals surface area (Å²) in [7, 11) is 0. The van der Waals surface area contributed by atoms with Crippen LogP contribution in [0.4, 0.5) is 0 Å². The van der Waals surface area contributed by atoms with Crippen molar-refractivity contribution in [2.75, 3.05) is 6.54 Å². The predicted octanol–water partition coefficient (Wildman–Crippen LogP) is 2.45. The highest BCUT2D eigenvalue weighted by Gasteiger charge is 2.38. The summed E-state index contributed by atoms with van der Waals surface area (Å²) in [5, 5.41) is 3.50. The molecule has 100 valence electrons. The summed E-state index contributed by atoms with van der Waals surface area (Å²) in [5.41, 5.74) is 5.73. The van der Waals surface area contributed by atoms with E-state index in [1.807, 2.05) is 0 Å². The largest absolute Gasteiger partial charge is 0.370 e. The third kappa shape index (κ3) is 3.98. The molecule has 1 saturated carbocycles. The minimum atomic E-state index is -0.180. The molecule has 1 aliphatic carbocycles. The summed E-state index contributed by atoms with van der Waals surface area (Å²) in [4.78, 5) is 11.2. The average molecular weight is 240 g/mol. The molecule has 0 aromatic rings. The fraction of sp³-hybridized carbons (Fsp3) is 0.929. The Labute approximate surface area is 106 Å². The number of hydrogen-bond donors (Lipinski definition) is 2. The van der Waals surface area contributed by atoms with Gasteiger partial charge in [-0.3, -0.25) is 4.79 Å². The minimum Gasteiger partial charge on any atom is -0.370 e. The number of amides is 1. The van der Waals surface area contributed by atoms with E-state index in [-0.39, 0.29) is 11.4 Å². The van der Waals surface area contributed by atoms with Gasteiger partial charge in [-0.2, -0.15) is 0 Å². The zero-order valence-corrected chi connectivity index (χ0v) is 11.8. The second kappa shape index (κ2) is 5.38. The third-order valence-electron chi connectivity index (χ3n) is 4.23. The minimum absolute atomic E-state index is 0.0255. The number of carbonyl (C=O) groups is 1. The molecule has 0 aromatic heterocycles. The van der Waals surface area contributed by atoms with Gasteiger partial charge in [-0.1, -0.05) is 27.7 Å². The Hall–Kier alpha value is -0.570. The third-order valence-corrected chi connectivity index (χ3v) is 4.23. The van der Waals surface area contributed by atoms with Crippen molar-refractivity contribution in [2.45, 2.75) is 65.3 Å². The van der Waals surface area contributed by atoms with Gasteiger partial charge >= 0.3 is 0 Å². The Kier molecular flexibility index (Phi) is 4.59. The summed E-state index contributed by atoms with van der Waals surface area (Å²) < 4.78 is 0. The molecule has 0 aliphatic heterocycles. The van der Waals surface area contributed by atoms with Crippen LogP contribution >= 0.6 is 0 Å². The van der Waals surface area contributed by atoms with Crippen molar-refractivity contribution in [3.05, 3.63) is 0 Å². The summed E-state index contributed by atoms with van der Waals surface area (Å²) in [6, 6.07) is 0. The molecule has 3 heteroatoms. The van der Waals surface area contributed by atoms with E-state index in [2.05, 4.69) is 33.0 Å². The zero-order chi connectivity index (χ0) is 13.1. The molecule has 0 radical (unpaired) electrons. The van der Waals surface area contributed by atoms with Crippen LogP contribution in [-0.2, 0) is 4.79 Å². The van der Waals surface area contributed by atoms with Gasteiger partial charge in [0.25, 0.3) is 0 Å². The van der Waals surface area contributed by atoms with E-state index in [1.165, 1.54) is 12.8 Å². The number of hydrogen-bond acceptors (Lipinski definition) is 2. The Morgan fingerprint density at radius 1 is 1.35 bits per heavy atom. The lowest BCUT2D eigenvalue weighted by molar-refractivity contribution is -0.120. The first-order valence-electron chi connectivity index (χ1n) is 6.82. The van der Waals surface area contributed by atoms with Crippen LogP contribution in [0, 0.1) is 11.3 Å².